The first-order valence-corrected chi connectivity index (χ1v) is 7.31. The minimum Gasteiger partial charge on any atom is -0.493 e. The highest BCUT2D eigenvalue weighted by Crippen LogP contribution is 2.35. The fourth-order valence-corrected chi connectivity index (χ4v) is 2.36. The molecule has 23 heavy (non-hydrogen) atoms. The number of hydrazone groups is 1. The number of halogens is 2. The number of carbonyl (C=O) groups is 1. The summed E-state index contributed by atoms with van der Waals surface area (Å²) in [5.74, 6) is 0.548. The zero-order valence-corrected chi connectivity index (χ0v) is 14.0. The molecule has 0 saturated carbocycles. The number of methoxy groups -OCH3 is 2. The Labute approximate surface area is 143 Å². The normalized spacial score (nSPS) is 10.6. The van der Waals surface area contributed by atoms with Crippen molar-refractivity contribution in [1.82, 2.24) is 5.43 Å². The van der Waals surface area contributed by atoms with Crippen molar-refractivity contribution in [1.29, 1.82) is 0 Å². The van der Waals surface area contributed by atoms with Crippen LogP contribution in [0.3, 0.4) is 0 Å². The molecule has 0 saturated heterocycles. The first-order chi connectivity index (χ1) is 11.0. The molecule has 2 rings (SSSR count). The maximum Gasteiger partial charge on any atom is 0.271 e. The summed E-state index contributed by atoms with van der Waals surface area (Å²) in [5, 5.41) is 4.76. The number of nitrogens with one attached hydrogen (secondary N) is 1. The SMILES string of the molecule is COc1cc(/C=N\NC(=O)c2cccc(Cl)c2)cc(Cl)c1OC. The summed E-state index contributed by atoms with van der Waals surface area (Å²) >= 11 is 11.9. The highest BCUT2D eigenvalue weighted by atomic mass is 35.5. The number of ether oxygens (including phenoxy) is 2. The second-order valence-electron chi connectivity index (χ2n) is 4.45. The van der Waals surface area contributed by atoms with Crippen molar-refractivity contribution in [3.8, 4) is 11.5 Å². The number of hydrogen-bond acceptors (Lipinski definition) is 4. The van der Waals surface area contributed by atoms with Gasteiger partial charge in [0.25, 0.3) is 5.91 Å². The lowest BCUT2D eigenvalue weighted by Crippen LogP contribution is -2.17. The standard InChI is InChI=1S/C16H14Cl2N2O3/c1-22-14-7-10(6-13(18)15(14)23-2)9-19-20-16(21)11-4-3-5-12(17)8-11/h3-9H,1-2H3,(H,20,21)/b19-9-. The maximum absolute atomic E-state index is 11.9. The minimum atomic E-state index is -0.365. The van der Waals surface area contributed by atoms with Crippen molar-refractivity contribution in [3.05, 3.63) is 57.6 Å². The lowest BCUT2D eigenvalue weighted by Gasteiger charge is -2.09. The third kappa shape index (κ3) is 4.37. The minimum absolute atomic E-state index is 0.365. The van der Waals surface area contributed by atoms with E-state index >= 15 is 0 Å². The van der Waals surface area contributed by atoms with E-state index in [-0.39, 0.29) is 5.91 Å². The number of rotatable bonds is 5. The van der Waals surface area contributed by atoms with Gasteiger partial charge in [0.05, 0.1) is 25.5 Å². The van der Waals surface area contributed by atoms with Crippen molar-refractivity contribution >= 4 is 35.3 Å². The molecule has 0 fully saturated rings. The molecule has 0 aliphatic rings. The molecule has 0 aromatic heterocycles. The van der Waals surface area contributed by atoms with Crippen LogP contribution >= 0.6 is 23.2 Å². The van der Waals surface area contributed by atoms with Gasteiger partial charge in [0.1, 0.15) is 0 Å². The van der Waals surface area contributed by atoms with E-state index in [0.717, 1.165) is 0 Å². The van der Waals surface area contributed by atoms with Crippen molar-refractivity contribution in [2.45, 2.75) is 0 Å². The van der Waals surface area contributed by atoms with Gasteiger partial charge >= 0.3 is 0 Å². The zero-order chi connectivity index (χ0) is 16.8. The Kier molecular flexibility index (Phi) is 5.84. The number of amides is 1. The Morgan fingerprint density at radius 2 is 1.96 bits per heavy atom. The largest absolute Gasteiger partial charge is 0.493 e. The van der Waals surface area contributed by atoms with Crippen LogP contribution in [0.25, 0.3) is 0 Å². The van der Waals surface area contributed by atoms with E-state index in [1.807, 2.05) is 0 Å². The molecule has 7 heteroatoms. The van der Waals surface area contributed by atoms with Crippen LogP contribution in [0.2, 0.25) is 10.0 Å². The van der Waals surface area contributed by atoms with Gasteiger partial charge in [-0.1, -0.05) is 29.3 Å². The summed E-state index contributed by atoms with van der Waals surface area (Å²) < 4.78 is 10.3. The van der Waals surface area contributed by atoms with E-state index in [1.54, 1.807) is 36.4 Å². The molecule has 0 atom stereocenters. The quantitative estimate of drug-likeness (QED) is 0.658. The van der Waals surface area contributed by atoms with Crippen molar-refractivity contribution < 1.29 is 14.3 Å². The van der Waals surface area contributed by atoms with Crippen LogP contribution in [0, 0.1) is 0 Å². The van der Waals surface area contributed by atoms with Crippen LogP contribution in [0.1, 0.15) is 15.9 Å². The Morgan fingerprint density at radius 1 is 1.17 bits per heavy atom. The summed E-state index contributed by atoms with van der Waals surface area (Å²) in [6, 6.07) is 9.92. The molecule has 0 aliphatic carbocycles. The monoisotopic (exact) mass is 352 g/mol. The fourth-order valence-electron chi connectivity index (χ4n) is 1.87. The van der Waals surface area contributed by atoms with E-state index in [1.165, 1.54) is 20.4 Å². The summed E-state index contributed by atoms with van der Waals surface area (Å²) in [4.78, 5) is 11.9. The predicted molar refractivity (Wildman–Crippen MR) is 91.1 cm³/mol. The maximum atomic E-state index is 11.9. The summed E-state index contributed by atoms with van der Waals surface area (Å²) in [6.45, 7) is 0. The Morgan fingerprint density at radius 3 is 2.61 bits per heavy atom. The number of hydrogen-bond donors (Lipinski definition) is 1. The number of carbonyl (C=O) groups excluding carboxylic acids is 1. The van der Waals surface area contributed by atoms with Crippen LogP contribution < -0.4 is 14.9 Å². The Balaban J connectivity index is 2.11. The van der Waals surface area contributed by atoms with Gasteiger partial charge in [-0.2, -0.15) is 5.10 Å². The Hall–Kier alpha value is -2.24. The first kappa shape index (κ1) is 17.1. The molecule has 1 amide bonds. The summed E-state index contributed by atoms with van der Waals surface area (Å²) in [7, 11) is 3.01. The lowest BCUT2D eigenvalue weighted by molar-refractivity contribution is 0.0955. The van der Waals surface area contributed by atoms with Gasteiger partial charge in [0, 0.05) is 10.6 Å². The fraction of sp³-hybridized carbons (Fsp3) is 0.125. The average Bonchev–Trinajstić information content (AvgIpc) is 2.54. The molecule has 2 aromatic rings. The Bertz CT molecular complexity index is 748. The molecule has 5 nitrogen and oxygen atoms in total. The molecule has 2 aromatic carbocycles. The third-order valence-electron chi connectivity index (χ3n) is 2.92. The summed E-state index contributed by atoms with van der Waals surface area (Å²) in [6.07, 6.45) is 1.45. The predicted octanol–water partition coefficient (Wildman–Crippen LogP) is 3.77. The van der Waals surface area contributed by atoms with Crippen LogP contribution in [-0.4, -0.2) is 26.3 Å². The van der Waals surface area contributed by atoms with Crippen molar-refractivity contribution in [2.75, 3.05) is 14.2 Å². The smallest absolute Gasteiger partial charge is 0.271 e. The first-order valence-electron chi connectivity index (χ1n) is 6.55. The molecular weight excluding hydrogens is 339 g/mol. The molecule has 0 unspecified atom stereocenters. The molecule has 0 aliphatic heterocycles. The molecular formula is C16H14Cl2N2O3. The average molecular weight is 353 g/mol. The van der Waals surface area contributed by atoms with E-state index in [9.17, 15) is 4.79 Å². The van der Waals surface area contributed by atoms with Gasteiger partial charge < -0.3 is 9.47 Å². The highest BCUT2D eigenvalue weighted by molar-refractivity contribution is 6.32. The van der Waals surface area contributed by atoms with Gasteiger partial charge in [-0.3, -0.25) is 4.79 Å². The van der Waals surface area contributed by atoms with Gasteiger partial charge in [-0.15, -0.1) is 0 Å². The number of benzene rings is 2. The number of nitrogens with zero attached hydrogens (tertiary/aromatic N) is 1. The third-order valence-corrected chi connectivity index (χ3v) is 3.44. The topological polar surface area (TPSA) is 59.9 Å². The van der Waals surface area contributed by atoms with E-state index in [2.05, 4.69) is 10.5 Å². The highest BCUT2D eigenvalue weighted by Gasteiger charge is 2.10. The van der Waals surface area contributed by atoms with Crippen LogP contribution in [0.5, 0.6) is 11.5 Å². The van der Waals surface area contributed by atoms with E-state index in [0.29, 0.717) is 32.7 Å². The van der Waals surface area contributed by atoms with Crippen molar-refractivity contribution in [2.24, 2.45) is 5.10 Å². The van der Waals surface area contributed by atoms with Crippen LogP contribution in [0.15, 0.2) is 41.5 Å². The van der Waals surface area contributed by atoms with Gasteiger partial charge in [-0.25, -0.2) is 5.43 Å². The van der Waals surface area contributed by atoms with Gasteiger partial charge in [-0.05, 0) is 35.9 Å². The second kappa shape index (κ2) is 7.85. The molecule has 0 spiro atoms. The molecule has 1 N–H and O–H groups in total. The second-order valence-corrected chi connectivity index (χ2v) is 5.29. The zero-order valence-electron chi connectivity index (χ0n) is 12.5. The van der Waals surface area contributed by atoms with Gasteiger partial charge in [0.15, 0.2) is 11.5 Å². The lowest BCUT2D eigenvalue weighted by atomic mass is 10.2. The van der Waals surface area contributed by atoms with Crippen molar-refractivity contribution in [3.63, 3.8) is 0 Å². The van der Waals surface area contributed by atoms with E-state index < -0.39 is 0 Å². The molecule has 0 bridgehead atoms. The molecule has 0 radical (unpaired) electrons. The molecule has 120 valence electrons. The van der Waals surface area contributed by atoms with Crippen LogP contribution in [0.4, 0.5) is 0 Å². The summed E-state index contributed by atoms with van der Waals surface area (Å²) in [5.41, 5.74) is 3.49. The van der Waals surface area contributed by atoms with Gasteiger partial charge in [0.2, 0.25) is 0 Å². The van der Waals surface area contributed by atoms with E-state index in [4.69, 9.17) is 32.7 Å². The van der Waals surface area contributed by atoms with Crippen LogP contribution in [-0.2, 0) is 0 Å². The molecule has 0 heterocycles.